The monoisotopic (exact) mass is 429 g/mol. The van der Waals surface area contributed by atoms with Gasteiger partial charge in [0.05, 0.1) is 10.9 Å². The van der Waals surface area contributed by atoms with E-state index in [1.54, 1.807) is 6.07 Å². The molecule has 0 saturated heterocycles. The Kier molecular flexibility index (Phi) is 3.70. The number of hydrogen-bond acceptors (Lipinski definition) is 3. The Hall–Kier alpha value is -4.51. The van der Waals surface area contributed by atoms with Crippen LogP contribution in [0, 0.1) is 5.82 Å². The average Bonchev–Trinajstić information content (AvgIpc) is 3.44. The summed E-state index contributed by atoms with van der Waals surface area (Å²) in [5, 5.41) is 3.24. The number of benzene rings is 4. The van der Waals surface area contributed by atoms with Crippen molar-refractivity contribution in [3.8, 4) is 17.1 Å². The van der Waals surface area contributed by atoms with E-state index in [0.29, 0.717) is 27.9 Å². The predicted molar refractivity (Wildman–Crippen MR) is 129 cm³/mol. The third kappa shape index (κ3) is 2.56. The molecular weight excluding hydrogens is 413 g/mol. The highest BCUT2D eigenvalue weighted by atomic mass is 19.1. The first-order chi connectivity index (χ1) is 16.3. The Morgan fingerprint density at radius 1 is 0.758 bits per heavy atom. The van der Waals surface area contributed by atoms with Crippen LogP contribution in [0.15, 0.2) is 102 Å². The number of nitrogens with zero attached hydrogens (tertiary/aromatic N) is 3. The maximum absolute atomic E-state index is 15.0. The van der Waals surface area contributed by atoms with Gasteiger partial charge in [0.2, 0.25) is 0 Å². The fraction of sp³-hybridized carbons (Fsp3) is 0. The summed E-state index contributed by atoms with van der Waals surface area (Å²) in [6.07, 6.45) is 1.87. The molecule has 0 saturated carbocycles. The summed E-state index contributed by atoms with van der Waals surface area (Å²) in [7, 11) is 0. The van der Waals surface area contributed by atoms with Crippen molar-refractivity contribution in [1.29, 1.82) is 0 Å². The fourth-order valence-electron chi connectivity index (χ4n) is 4.63. The molecular formula is C28H16FN3O. The number of halogens is 1. The van der Waals surface area contributed by atoms with Crippen molar-refractivity contribution in [3.63, 3.8) is 0 Å². The maximum atomic E-state index is 15.0. The molecule has 3 aromatic heterocycles. The first-order valence-corrected chi connectivity index (χ1v) is 10.7. The Morgan fingerprint density at radius 3 is 2.39 bits per heavy atom. The second kappa shape index (κ2) is 6.74. The molecule has 0 aliphatic rings. The second-order valence-electron chi connectivity index (χ2n) is 8.02. The molecule has 7 rings (SSSR count). The fourth-order valence-corrected chi connectivity index (χ4v) is 4.63. The molecule has 156 valence electrons. The van der Waals surface area contributed by atoms with Gasteiger partial charge in [-0.3, -0.25) is 4.57 Å². The summed E-state index contributed by atoms with van der Waals surface area (Å²) in [4.78, 5) is 9.82. The van der Waals surface area contributed by atoms with Crippen molar-refractivity contribution >= 4 is 43.9 Å². The Bertz CT molecular complexity index is 1830. The molecule has 0 aliphatic carbocycles. The molecule has 3 heterocycles. The Morgan fingerprint density at radius 2 is 1.52 bits per heavy atom. The SMILES string of the molecule is Fc1ccc(-c2nc3c4ccccc4cnc3n2-c2ccccc2)c2oc3ccccc3c12. The summed E-state index contributed by atoms with van der Waals surface area (Å²) in [6, 6.07) is 28.8. The summed E-state index contributed by atoms with van der Waals surface area (Å²) in [5.41, 5.74) is 4.29. The van der Waals surface area contributed by atoms with E-state index >= 15 is 0 Å². The summed E-state index contributed by atoms with van der Waals surface area (Å²) in [5.74, 6) is 0.341. The van der Waals surface area contributed by atoms with Crippen LogP contribution < -0.4 is 0 Å². The lowest BCUT2D eigenvalue weighted by Crippen LogP contribution is -1.99. The van der Waals surface area contributed by atoms with Gasteiger partial charge in [-0.2, -0.15) is 0 Å². The predicted octanol–water partition coefficient (Wildman–Crippen LogP) is 7.28. The van der Waals surface area contributed by atoms with Crippen LogP contribution >= 0.6 is 0 Å². The van der Waals surface area contributed by atoms with Crippen LogP contribution in [0.5, 0.6) is 0 Å². The minimum atomic E-state index is -0.315. The van der Waals surface area contributed by atoms with Crippen LogP contribution in [-0.2, 0) is 0 Å². The largest absolute Gasteiger partial charge is 0.455 e. The van der Waals surface area contributed by atoms with Crippen LogP contribution in [-0.4, -0.2) is 14.5 Å². The molecule has 7 aromatic rings. The number of para-hydroxylation sites is 2. The van der Waals surface area contributed by atoms with Gasteiger partial charge in [0.1, 0.15) is 22.5 Å². The number of imidazole rings is 1. The number of pyridine rings is 1. The van der Waals surface area contributed by atoms with E-state index in [1.165, 1.54) is 6.07 Å². The highest BCUT2D eigenvalue weighted by molar-refractivity contribution is 6.10. The molecule has 0 N–H and O–H groups in total. The molecule has 0 spiro atoms. The van der Waals surface area contributed by atoms with Gasteiger partial charge in [-0.1, -0.05) is 60.7 Å². The summed E-state index contributed by atoms with van der Waals surface area (Å²) in [6.45, 7) is 0. The zero-order valence-corrected chi connectivity index (χ0v) is 17.4. The van der Waals surface area contributed by atoms with Crippen molar-refractivity contribution in [1.82, 2.24) is 14.5 Å². The van der Waals surface area contributed by atoms with E-state index in [-0.39, 0.29) is 5.82 Å². The van der Waals surface area contributed by atoms with Crippen molar-refractivity contribution in [2.24, 2.45) is 0 Å². The molecule has 0 fully saturated rings. The van der Waals surface area contributed by atoms with Gasteiger partial charge in [-0.15, -0.1) is 0 Å². The van der Waals surface area contributed by atoms with E-state index in [0.717, 1.165) is 33.0 Å². The number of aromatic nitrogens is 3. The summed E-state index contributed by atoms with van der Waals surface area (Å²) < 4.78 is 23.2. The van der Waals surface area contributed by atoms with Gasteiger partial charge >= 0.3 is 0 Å². The van der Waals surface area contributed by atoms with Crippen molar-refractivity contribution in [2.45, 2.75) is 0 Å². The molecule has 4 aromatic carbocycles. The average molecular weight is 429 g/mol. The number of furan rings is 1. The van der Waals surface area contributed by atoms with E-state index < -0.39 is 0 Å². The molecule has 0 amide bonds. The van der Waals surface area contributed by atoms with Gasteiger partial charge in [-0.05, 0) is 30.3 Å². The Balaban J connectivity index is 1.66. The van der Waals surface area contributed by atoms with Crippen molar-refractivity contribution in [3.05, 3.63) is 103 Å². The topological polar surface area (TPSA) is 43.9 Å². The first-order valence-electron chi connectivity index (χ1n) is 10.7. The zero-order valence-electron chi connectivity index (χ0n) is 17.4. The highest BCUT2D eigenvalue weighted by Crippen LogP contribution is 2.39. The van der Waals surface area contributed by atoms with E-state index in [9.17, 15) is 4.39 Å². The van der Waals surface area contributed by atoms with Crippen LogP contribution in [0.25, 0.3) is 61.0 Å². The third-order valence-corrected chi connectivity index (χ3v) is 6.13. The van der Waals surface area contributed by atoms with Gasteiger partial charge in [0.15, 0.2) is 11.5 Å². The standard InChI is InChI=1S/C28H16FN3O/c29-22-15-14-21(26-24(22)20-12-6-7-13-23(20)33-26)27-31-25-19-11-5-4-8-17(19)16-30-28(25)32(27)18-9-2-1-3-10-18/h1-16H. The van der Waals surface area contributed by atoms with Gasteiger partial charge in [-0.25, -0.2) is 14.4 Å². The van der Waals surface area contributed by atoms with Crippen LogP contribution in [0.4, 0.5) is 4.39 Å². The van der Waals surface area contributed by atoms with E-state index in [1.807, 2.05) is 89.6 Å². The van der Waals surface area contributed by atoms with Gasteiger partial charge in [0.25, 0.3) is 0 Å². The molecule has 4 nitrogen and oxygen atoms in total. The maximum Gasteiger partial charge on any atom is 0.165 e. The highest BCUT2D eigenvalue weighted by Gasteiger charge is 2.22. The molecule has 0 bridgehead atoms. The summed E-state index contributed by atoms with van der Waals surface area (Å²) >= 11 is 0. The lowest BCUT2D eigenvalue weighted by atomic mass is 10.1. The lowest BCUT2D eigenvalue weighted by molar-refractivity contribution is 0.634. The molecule has 5 heteroatoms. The Labute approximate surface area is 187 Å². The van der Waals surface area contributed by atoms with E-state index in [2.05, 4.69) is 0 Å². The normalized spacial score (nSPS) is 11.8. The molecule has 0 unspecified atom stereocenters. The number of fused-ring (bicyclic) bond motifs is 6. The van der Waals surface area contributed by atoms with Crippen LogP contribution in [0.3, 0.4) is 0 Å². The van der Waals surface area contributed by atoms with Crippen LogP contribution in [0.2, 0.25) is 0 Å². The van der Waals surface area contributed by atoms with Gasteiger partial charge < -0.3 is 4.42 Å². The minimum Gasteiger partial charge on any atom is -0.455 e. The molecule has 0 radical (unpaired) electrons. The van der Waals surface area contributed by atoms with Crippen molar-refractivity contribution < 1.29 is 8.81 Å². The van der Waals surface area contributed by atoms with Crippen molar-refractivity contribution in [2.75, 3.05) is 0 Å². The smallest absolute Gasteiger partial charge is 0.165 e. The minimum absolute atomic E-state index is 0.315. The van der Waals surface area contributed by atoms with Crippen LogP contribution in [0.1, 0.15) is 0 Å². The zero-order chi connectivity index (χ0) is 21.9. The van der Waals surface area contributed by atoms with Gasteiger partial charge in [0, 0.05) is 28.0 Å². The van der Waals surface area contributed by atoms with E-state index in [4.69, 9.17) is 14.4 Å². The third-order valence-electron chi connectivity index (χ3n) is 6.13. The molecule has 33 heavy (non-hydrogen) atoms. The number of hydrogen-bond donors (Lipinski definition) is 0. The second-order valence-corrected chi connectivity index (χ2v) is 8.02. The lowest BCUT2D eigenvalue weighted by Gasteiger charge is -2.09. The number of rotatable bonds is 2. The molecule has 0 atom stereocenters. The molecule has 0 aliphatic heterocycles. The first kappa shape index (κ1) is 18.1. The quantitative estimate of drug-likeness (QED) is 0.290.